The van der Waals surface area contributed by atoms with E-state index in [0.717, 1.165) is 23.9 Å². The number of aromatic amines is 2. The fourth-order valence-corrected chi connectivity index (χ4v) is 4.28. The van der Waals surface area contributed by atoms with Crippen LogP contribution in [-0.2, 0) is 18.8 Å². The van der Waals surface area contributed by atoms with Gasteiger partial charge in [0.25, 0.3) is 5.56 Å². The Balaban J connectivity index is 1.69. The zero-order valence-electron chi connectivity index (χ0n) is 16.7. The minimum absolute atomic E-state index is 0.416. The van der Waals surface area contributed by atoms with E-state index in [4.69, 9.17) is 5.21 Å². The van der Waals surface area contributed by atoms with Gasteiger partial charge in [-0.25, -0.2) is 14.8 Å². The highest BCUT2D eigenvalue weighted by molar-refractivity contribution is 7.98. The standard InChI is InChI=1S/C19H23N7O3S/c1-3-5-8-26-16-15(17(27)23-19(26)28)25(4-2)14(22-16)10-30-18-20-12-7-6-11(24-29)9-13(12)21-18/h6-7,9,24,29H,3-5,8,10H2,1-2H3,(H,20,21)(H,23,27,28). The van der Waals surface area contributed by atoms with Crippen molar-refractivity contribution in [1.29, 1.82) is 0 Å². The number of anilines is 1. The van der Waals surface area contributed by atoms with E-state index >= 15 is 0 Å². The van der Waals surface area contributed by atoms with Crippen molar-refractivity contribution < 1.29 is 5.21 Å². The Bertz CT molecular complexity index is 1320. The Labute approximate surface area is 175 Å². The van der Waals surface area contributed by atoms with E-state index in [2.05, 4.69) is 25.4 Å². The number of benzene rings is 1. The fourth-order valence-electron chi connectivity index (χ4n) is 3.45. The molecule has 4 N–H and O–H groups in total. The molecule has 0 amide bonds. The molecule has 0 atom stereocenters. The number of nitrogens with one attached hydrogen (secondary N) is 3. The Hall–Kier alpha value is -3.05. The lowest BCUT2D eigenvalue weighted by Crippen LogP contribution is -2.31. The predicted octanol–water partition coefficient (Wildman–Crippen LogP) is 2.68. The maximum Gasteiger partial charge on any atom is 0.330 e. The topological polar surface area (TPSA) is 134 Å². The van der Waals surface area contributed by atoms with Crippen molar-refractivity contribution in [3.63, 3.8) is 0 Å². The van der Waals surface area contributed by atoms with Gasteiger partial charge in [-0.15, -0.1) is 0 Å². The fraction of sp³-hybridized carbons (Fsp3) is 0.368. The first-order chi connectivity index (χ1) is 14.5. The van der Waals surface area contributed by atoms with Crippen LogP contribution in [0.3, 0.4) is 0 Å². The van der Waals surface area contributed by atoms with Crippen LogP contribution in [-0.4, -0.2) is 34.3 Å². The van der Waals surface area contributed by atoms with Crippen LogP contribution in [0.4, 0.5) is 5.69 Å². The highest BCUT2D eigenvalue weighted by Gasteiger charge is 2.18. The molecule has 0 aliphatic heterocycles. The molecule has 0 saturated carbocycles. The third kappa shape index (κ3) is 3.61. The minimum atomic E-state index is -0.425. The number of aryl methyl sites for hydroxylation is 2. The molecule has 0 fully saturated rings. The predicted molar refractivity (Wildman–Crippen MR) is 116 cm³/mol. The van der Waals surface area contributed by atoms with Gasteiger partial charge in [-0.1, -0.05) is 25.1 Å². The average Bonchev–Trinajstić information content (AvgIpc) is 3.32. The summed E-state index contributed by atoms with van der Waals surface area (Å²) in [5, 5.41) is 9.75. The molecule has 4 rings (SSSR count). The number of unbranched alkanes of at least 4 members (excludes halogenated alkanes) is 1. The summed E-state index contributed by atoms with van der Waals surface area (Å²) < 4.78 is 3.39. The zero-order valence-corrected chi connectivity index (χ0v) is 17.5. The van der Waals surface area contributed by atoms with Crippen molar-refractivity contribution in [2.45, 2.75) is 50.7 Å². The molecule has 3 heterocycles. The Morgan fingerprint density at radius 3 is 2.73 bits per heavy atom. The van der Waals surface area contributed by atoms with Gasteiger partial charge in [0.2, 0.25) is 0 Å². The van der Waals surface area contributed by atoms with E-state index in [1.807, 2.05) is 24.5 Å². The van der Waals surface area contributed by atoms with Crippen LogP contribution in [0, 0.1) is 0 Å². The molecule has 0 saturated heterocycles. The van der Waals surface area contributed by atoms with Crippen molar-refractivity contribution in [2.75, 3.05) is 5.48 Å². The zero-order chi connectivity index (χ0) is 21.3. The van der Waals surface area contributed by atoms with Gasteiger partial charge in [-0.05, 0) is 31.5 Å². The monoisotopic (exact) mass is 429 g/mol. The first kappa shape index (κ1) is 20.2. The number of aromatic nitrogens is 6. The second kappa shape index (κ2) is 8.36. The van der Waals surface area contributed by atoms with Crippen molar-refractivity contribution >= 4 is 39.6 Å². The lowest BCUT2D eigenvalue weighted by Gasteiger charge is -2.06. The van der Waals surface area contributed by atoms with E-state index < -0.39 is 11.2 Å². The van der Waals surface area contributed by atoms with Crippen LogP contribution >= 0.6 is 11.8 Å². The lowest BCUT2D eigenvalue weighted by molar-refractivity contribution is 0.389. The summed E-state index contributed by atoms with van der Waals surface area (Å²) in [7, 11) is 0. The summed E-state index contributed by atoms with van der Waals surface area (Å²) in [5.41, 5.74) is 4.28. The second-order valence-electron chi connectivity index (χ2n) is 6.88. The molecule has 3 aromatic heterocycles. The molecule has 158 valence electrons. The number of nitrogens with zero attached hydrogens (tertiary/aromatic N) is 4. The van der Waals surface area contributed by atoms with E-state index in [9.17, 15) is 9.59 Å². The van der Waals surface area contributed by atoms with Gasteiger partial charge in [-0.3, -0.25) is 25.0 Å². The highest BCUT2D eigenvalue weighted by atomic mass is 32.2. The normalized spacial score (nSPS) is 11.6. The molecule has 0 radical (unpaired) electrons. The third-order valence-electron chi connectivity index (χ3n) is 4.94. The molecule has 0 bridgehead atoms. The van der Waals surface area contributed by atoms with Crippen LogP contribution in [0.2, 0.25) is 0 Å². The van der Waals surface area contributed by atoms with Gasteiger partial charge in [0.15, 0.2) is 16.3 Å². The summed E-state index contributed by atoms with van der Waals surface area (Å²) in [6.45, 7) is 5.07. The number of fused-ring (bicyclic) bond motifs is 2. The van der Waals surface area contributed by atoms with E-state index in [1.165, 1.54) is 11.8 Å². The molecular weight excluding hydrogens is 406 g/mol. The van der Waals surface area contributed by atoms with Gasteiger partial charge in [0, 0.05) is 13.1 Å². The SMILES string of the molecule is CCCCn1c(=O)[nH]c(=O)c2c1nc(CSc1nc3ccc(NO)cc3[nH]1)n2CC. The molecule has 10 nitrogen and oxygen atoms in total. The van der Waals surface area contributed by atoms with Gasteiger partial charge in [0.05, 0.1) is 22.5 Å². The summed E-state index contributed by atoms with van der Waals surface area (Å²) >= 11 is 1.46. The molecule has 0 aliphatic rings. The largest absolute Gasteiger partial charge is 0.333 e. The summed E-state index contributed by atoms with van der Waals surface area (Å²) in [4.78, 5) is 39.6. The van der Waals surface area contributed by atoms with Crippen LogP contribution in [0.1, 0.15) is 32.5 Å². The Kier molecular flexibility index (Phi) is 5.64. The minimum Gasteiger partial charge on any atom is -0.333 e. The average molecular weight is 430 g/mol. The van der Waals surface area contributed by atoms with Crippen molar-refractivity contribution in [3.05, 3.63) is 44.9 Å². The van der Waals surface area contributed by atoms with E-state index in [0.29, 0.717) is 46.7 Å². The molecule has 4 aromatic rings. The first-order valence-corrected chi connectivity index (χ1v) is 10.8. The number of H-pyrrole nitrogens is 2. The quantitative estimate of drug-likeness (QED) is 0.250. The number of hydrogen-bond donors (Lipinski definition) is 4. The number of rotatable bonds is 8. The summed E-state index contributed by atoms with van der Waals surface area (Å²) in [6.07, 6.45) is 1.76. The van der Waals surface area contributed by atoms with Crippen LogP contribution in [0.25, 0.3) is 22.2 Å². The Morgan fingerprint density at radius 2 is 2.00 bits per heavy atom. The van der Waals surface area contributed by atoms with Crippen molar-refractivity contribution in [2.24, 2.45) is 0 Å². The first-order valence-electron chi connectivity index (χ1n) is 9.80. The molecule has 0 aliphatic carbocycles. The van der Waals surface area contributed by atoms with Crippen LogP contribution in [0.15, 0.2) is 32.9 Å². The Morgan fingerprint density at radius 1 is 1.17 bits per heavy atom. The lowest BCUT2D eigenvalue weighted by atomic mass is 10.3. The highest BCUT2D eigenvalue weighted by Crippen LogP contribution is 2.25. The van der Waals surface area contributed by atoms with Gasteiger partial charge in [0.1, 0.15) is 5.82 Å². The smallest absolute Gasteiger partial charge is 0.330 e. The van der Waals surface area contributed by atoms with Crippen LogP contribution < -0.4 is 16.7 Å². The van der Waals surface area contributed by atoms with Gasteiger partial charge < -0.3 is 9.55 Å². The maximum atomic E-state index is 12.5. The van der Waals surface area contributed by atoms with Crippen LogP contribution in [0.5, 0.6) is 0 Å². The van der Waals surface area contributed by atoms with E-state index in [-0.39, 0.29) is 0 Å². The van der Waals surface area contributed by atoms with E-state index in [1.54, 1.807) is 16.7 Å². The number of hydrogen-bond acceptors (Lipinski definition) is 7. The van der Waals surface area contributed by atoms with Gasteiger partial charge >= 0.3 is 5.69 Å². The maximum absolute atomic E-state index is 12.5. The van der Waals surface area contributed by atoms with Gasteiger partial charge in [-0.2, -0.15) is 0 Å². The summed E-state index contributed by atoms with van der Waals surface area (Å²) in [5.74, 6) is 1.19. The third-order valence-corrected chi connectivity index (χ3v) is 5.81. The number of thioether (sulfide) groups is 1. The molecule has 0 spiro atoms. The van der Waals surface area contributed by atoms with Crippen molar-refractivity contribution in [1.82, 2.24) is 29.1 Å². The molecule has 1 aromatic carbocycles. The molecule has 11 heteroatoms. The summed E-state index contributed by atoms with van der Waals surface area (Å²) in [6, 6.07) is 5.30. The molecular formula is C19H23N7O3S. The molecule has 0 unspecified atom stereocenters. The number of imidazole rings is 2. The second-order valence-corrected chi connectivity index (χ2v) is 7.85. The van der Waals surface area contributed by atoms with Crippen molar-refractivity contribution in [3.8, 4) is 0 Å². The molecule has 30 heavy (non-hydrogen) atoms.